The van der Waals surface area contributed by atoms with Gasteiger partial charge in [0.1, 0.15) is 5.82 Å². The first kappa shape index (κ1) is 22.5. The lowest BCUT2D eigenvalue weighted by Crippen LogP contribution is -2.34. The van der Waals surface area contributed by atoms with E-state index in [0.717, 1.165) is 57.9 Å². The number of anilines is 3. The van der Waals surface area contributed by atoms with E-state index in [1.807, 2.05) is 61.5 Å². The summed E-state index contributed by atoms with van der Waals surface area (Å²) in [4.78, 5) is 24.0. The highest BCUT2D eigenvalue weighted by Crippen LogP contribution is 2.22. The van der Waals surface area contributed by atoms with Crippen LogP contribution in [0.25, 0.3) is 34.4 Å². The average molecular weight is 469 g/mol. The Morgan fingerprint density at radius 1 is 1.06 bits per heavy atom. The number of fused-ring (bicyclic) bond motifs is 2. The Labute approximate surface area is 203 Å². The average Bonchev–Trinajstić information content (AvgIpc) is 3.32. The topological polar surface area (TPSA) is 111 Å². The molecule has 2 amide bonds. The van der Waals surface area contributed by atoms with Gasteiger partial charge in [0, 0.05) is 40.6 Å². The van der Waals surface area contributed by atoms with Gasteiger partial charge in [-0.1, -0.05) is 24.3 Å². The summed E-state index contributed by atoms with van der Waals surface area (Å²) < 4.78 is 0. The number of carbonyl (C=O) groups excluding carboxylic acids is 1. The summed E-state index contributed by atoms with van der Waals surface area (Å²) in [5, 5.41) is 19.2. The Bertz CT molecular complexity index is 1490. The number of urea groups is 1. The number of benzene rings is 2. The Kier molecular flexibility index (Phi) is 6.40. The Balaban J connectivity index is 1.43. The van der Waals surface area contributed by atoms with Crippen molar-refractivity contribution in [2.24, 2.45) is 0 Å². The highest BCUT2D eigenvalue weighted by molar-refractivity contribution is 5.90. The minimum atomic E-state index is -0.240. The van der Waals surface area contributed by atoms with Crippen molar-refractivity contribution in [1.82, 2.24) is 30.4 Å². The molecule has 0 radical (unpaired) electrons. The van der Waals surface area contributed by atoms with E-state index in [4.69, 9.17) is 9.97 Å². The van der Waals surface area contributed by atoms with E-state index in [-0.39, 0.29) is 6.03 Å². The van der Waals surface area contributed by atoms with Crippen LogP contribution in [0.3, 0.4) is 0 Å². The molecule has 0 spiro atoms. The maximum absolute atomic E-state index is 12.3. The number of hydrogen-bond acceptors (Lipinski definition) is 6. The first-order chi connectivity index (χ1) is 17.0. The predicted molar refractivity (Wildman–Crippen MR) is 140 cm³/mol. The molecule has 0 atom stereocenters. The zero-order valence-electron chi connectivity index (χ0n) is 19.8. The molecule has 4 aromatic rings. The Hall–Kier alpha value is -4.24. The van der Waals surface area contributed by atoms with Crippen LogP contribution in [0.4, 0.5) is 22.0 Å². The number of rotatable bonds is 7. The van der Waals surface area contributed by atoms with Crippen molar-refractivity contribution >= 4 is 46.3 Å². The second kappa shape index (κ2) is 9.94. The molecule has 0 unspecified atom stereocenters. The fourth-order valence-electron chi connectivity index (χ4n) is 3.98. The molecule has 2 heterocycles. The summed E-state index contributed by atoms with van der Waals surface area (Å²) in [5.74, 6) is 1.35. The van der Waals surface area contributed by atoms with Crippen molar-refractivity contribution in [1.29, 1.82) is 0 Å². The van der Waals surface area contributed by atoms with Gasteiger partial charge in [0.2, 0.25) is 0 Å². The Morgan fingerprint density at radius 3 is 2.83 bits per heavy atom. The number of carbonyl (C=O) groups is 1. The third-order valence-corrected chi connectivity index (χ3v) is 5.75. The molecule has 2 aromatic carbocycles. The largest absolute Gasteiger partial charge is 0.340 e. The monoisotopic (exact) mass is 468 g/mol. The van der Waals surface area contributed by atoms with Gasteiger partial charge in [0.05, 0.1) is 17.1 Å². The van der Waals surface area contributed by atoms with Gasteiger partial charge < -0.3 is 20.9 Å². The van der Waals surface area contributed by atoms with Crippen LogP contribution in [0.1, 0.15) is 12.8 Å². The van der Waals surface area contributed by atoms with Crippen molar-refractivity contribution < 1.29 is 4.79 Å². The van der Waals surface area contributed by atoms with E-state index in [0.29, 0.717) is 18.1 Å². The third-order valence-electron chi connectivity index (χ3n) is 5.75. The SMILES string of the molecule is CN(C)CCNC(=O)Nc1cccc(-c2nc(Nc3ccc4[nH]ncc4c3)c3c(n2)=CCCC=3)c1. The fourth-order valence-corrected chi connectivity index (χ4v) is 3.98. The molecule has 178 valence electrons. The van der Waals surface area contributed by atoms with Crippen LogP contribution >= 0.6 is 0 Å². The third kappa shape index (κ3) is 5.30. The quantitative estimate of drug-likeness (QED) is 0.332. The zero-order valence-corrected chi connectivity index (χ0v) is 19.8. The van der Waals surface area contributed by atoms with Gasteiger partial charge in [-0.05, 0) is 57.3 Å². The molecule has 0 aliphatic heterocycles. The molecule has 0 fully saturated rings. The predicted octanol–water partition coefficient (Wildman–Crippen LogP) is 2.80. The van der Waals surface area contributed by atoms with Crippen LogP contribution in [0.15, 0.2) is 48.7 Å². The van der Waals surface area contributed by atoms with Crippen LogP contribution in [0, 0.1) is 0 Å². The Morgan fingerprint density at radius 2 is 1.94 bits per heavy atom. The van der Waals surface area contributed by atoms with Gasteiger partial charge in [-0.3, -0.25) is 5.10 Å². The van der Waals surface area contributed by atoms with E-state index < -0.39 is 0 Å². The van der Waals surface area contributed by atoms with Gasteiger partial charge in [-0.25, -0.2) is 14.8 Å². The first-order valence-corrected chi connectivity index (χ1v) is 11.6. The van der Waals surface area contributed by atoms with E-state index in [9.17, 15) is 4.79 Å². The number of likely N-dealkylation sites (N-methyl/N-ethyl adjacent to an activating group) is 1. The highest BCUT2D eigenvalue weighted by Gasteiger charge is 2.11. The minimum Gasteiger partial charge on any atom is -0.340 e. The summed E-state index contributed by atoms with van der Waals surface area (Å²) in [5.41, 5.74) is 3.42. The normalized spacial score (nSPS) is 12.5. The maximum atomic E-state index is 12.3. The second-order valence-electron chi connectivity index (χ2n) is 8.74. The molecule has 0 saturated heterocycles. The van der Waals surface area contributed by atoms with Gasteiger partial charge in [-0.15, -0.1) is 0 Å². The molecular formula is C26H28N8O. The van der Waals surface area contributed by atoms with Crippen LogP contribution < -0.4 is 26.5 Å². The number of nitrogens with zero attached hydrogens (tertiary/aromatic N) is 4. The number of nitrogens with one attached hydrogen (secondary N) is 4. The van der Waals surface area contributed by atoms with Gasteiger partial charge >= 0.3 is 6.03 Å². The van der Waals surface area contributed by atoms with E-state index >= 15 is 0 Å². The van der Waals surface area contributed by atoms with Crippen LogP contribution in [-0.2, 0) is 0 Å². The van der Waals surface area contributed by atoms with E-state index in [1.165, 1.54) is 0 Å². The number of hydrogen-bond donors (Lipinski definition) is 4. The molecule has 2 aromatic heterocycles. The zero-order chi connectivity index (χ0) is 24.2. The molecule has 9 heteroatoms. The molecule has 0 bridgehead atoms. The molecule has 1 aliphatic rings. The molecule has 0 saturated carbocycles. The van der Waals surface area contributed by atoms with Crippen molar-refractivity contribution in [3.8, 4) is 11.4 Å². The molecule has 35 heavy (non-hydrogen) atoms. The summed E-state index contributed by atoms with van der Waals surface area (Å²) in [6.45, 7) is 1.34. The summed E-state index contributed by atoms with van der Waals surface area (Å²) in [6, 6.07) is 13.4. The minimum absolute atomic E-state index is 0.240. The molecular weight excluding hydrogens is 440 g/mol. The summed E-state index contributed by atoms with van der Waals surface area (Å²) in [7, 11) is 3.94. The standard InChI is InChI=1S/C26H28N8O/c1-34(2)13-12-27-26(35)30-19-7-5-6-17(14-19)24-31-23-9-4-3-8-21(23)25(32-24)29-20-10-11-22-18(15-20)16-28-33-22/h5-11,14-16H,3-4,12-13H2,1-2H3,(H,28,33)(H2,27,30,35)(H,29,31,32). The van der Waals surface area contributed by atoms with Crippen molar-refractivity contribution in [3.63, 3.8) is 0 Å². The van der Waals surface area contributed by atoms with E-state index in [1.54, 1.807) is 6.20 Å². The maximum Gasteiger partial charge on any atom is 0.319 e. The van der Waals surface area contributed by atoms with Crippen molar-refractivity contribution in [2.45, 2.75) is 12.8 Å². The molecule has 9 nitrogen and oxygen atoms in total. The molecule has 1 aliphatic carbocycles. The first-order valence-electron chi connectivity index (χ1n) is 11.6. The number of H-pyrrole nitrogens is 1. The van der Waals surface area contributed by atoms with Crippen LogP contribution in [0.2, 0.25) is 0 Å². The molecule has 5 rings (SSSR count). The smallest absolute Gasteiger partial charge is 0.319 e. The van der Waals surface area contributed by atoms with Crippen molar-refractivity contribution in [2.75, 3.05) is 37.8 Å². The summed E-state index contributed by atoms with van der Waals surface area (Å²) >= 11 is 0. The lowest BCUT2D eigenvalue weighted by atomic mass is 10.1. The molecule has 4 N–H and O–H groups in total. The fraction of sp³-hybridized carbons (Fsp3) is 0.231. The number of aromatic amines is 1. The lowest BCUT2D eigenvalue weighted by Gasteiger charge is -2.13. The van der Waals surface area contributed by atoms with Crippen LogP contribution in [-0.4, -0.2) is 58.3 Å². The summed E-state index contributed by atoms with van der Waals surface area (Å²) in [6.07, 6.45) is 8.02. The lowest BCUT2D eigenvalue weighted by molar-refractivity contribution is 0.250. The van der Waals surface area contributed by atoms with Crippen LogP contribution in [0.5, 0.6) is 0 Å². The van der Waals surface area contributed by atoms with Crippen molar-refractivity contribution in [3.05, 3.63) is 59.2 Å². The highest BCUT2D eigenvalue weighted by atomic mass is 16.2. The second-order valence-corrected chi connectivity index (χ2v) is 8.74. The van der Waals surface area contributed by atoms with Gasteiger partial charge in [-0.2, -0.15) is 5.10 Å². The number of aromatic nitrogens is 4. The van der Waals surface area contributed by atoms with Gasteiger partial charge in [0.25, 0.3) is 0 Å². The number of amides is 2. The van der Waals surface area contributed by atoms with Gasteiger partial charge in [0.15, 0.2) is 5.82 Å². The van der Waals surface area contributed by atoms with E-state index in [2.05, 4.69) is 38.3 Å².